The minimum absolute atomic E-state index is 0.195. The lowest BCUT2D eigenvalue weighted by Gasteiger charge is -2.38. The summed E-state index contributed by atoms with van der Waals surface area (Å²) in [5, 5.41) is 13.1. The van der Waals surface area contributed by atoms with Crippen molar-refractivity contribution in [2.75, 3.05) is 13.1 Å². The van der Waals surface area contributed by atoms with E-state index >= 15 is 0 Å². The van der Waals surface area contributed by atoms with Crippen LogP contribution in [0.4, 0.5) is 0 Å². The molecule has 1 aliphatic rings. The third-order valence-corrected chi connectivity index (χ3v) is 3.88. The van der Waals surface area contributed by atoms with Gasteiger partial charge < -0.3 is 10.4 Å². The van der Waals surface area contributed by atoms with Crippen molar-refractivity contribution in [2.24, 2.45) is 0 Å². The van der Waals surface area contributed by atoms with Gasteiger partial charge in [-0.1, -0.05) is 6.07 Å². The molecule has 1 fully saturated rings. The molecule has 0 radical (unpaired) electrons. The van der Waals surface area contributed by atoms with Crippen molar-refractivity contribution < 1.29 is 9.90 Å². The zero-order valence-electron chi connectivity index (χ0n) is 12.3. The van der Waals surface area contributed by atoms with Gasteiger partial charge in [-0.05, 0) is 38.8 Å². The van der Waals surface area contributed by atoms with Gasteiger partial charge in [0.15, 0.2) is 0 Å². The average Bonchev–Trinajstić information content (AvgIpc) is 2.41. The largest absolute Gasteiger partial charge is 0.390 e. The van der Waals surface area contributed by atoms with Gasteiger partial charge in [0, 0.05) is 25.3 Å². The number of amides is 1. The number of aliphatic hydroxyl groups excluding tert-OH is 1. The number of rotatable bonds is 3. The Morgan fingerprint density at radius 1 is 1.55 bits per heavy atom. The van der Waals surface area contributed by atoms with Gasteiger partial charge >= 0.3 is 0 Å². The molecule has 0 spiro atoms. The monoisotopic (exact) mass is 277 g/mol. The van der Waals surface area contributed by atoms with Crippen molar-refractivity contribution in [3.63, 3.8) is 0 Å². The number of nitrogens with zero attached hydrogens (tertiary/aromatic N) is 2. The van der Waals surface area contributed by atoms with Crippen molar-refractivity contribution in [2.45, 2.75) is 45.4 Å². The van der Waals surface area contributed by atoms with E-state index in [2.05, 4.69) is 29.0 Å². The molecule has 0 aliphatic carbocycles. The SMILES string of the molecule is Cc1cccnc1C(=O)NC1CCN(C(C)C)CC1O. The third kappa shape index (κ3) is 3.35. The molecule has 2 atom stereocenters. The predicted octanol–water partition coefficient (Wildman–Crippen LogP) is 0.963. The topological polar surface area (TPSA) is 65.5 Å². The molecule has 2 rings (SSSR count). The molecule has 1 aromatic rings. The van der Waals surface area contributed by atoms with Gasteiger partial charge in [0.25, 0.3) is 5.91 Å². The van der Waals surface area contributed by atoms with Crippen LogP contribution in [0.2, 0.25) is 0 Å². The van der Waals surface area contributed by atoms with Crippen molar-refractivity contribution in [1.29, 1.82) is 0 Å². The number of hydrogen-bond acceptors (Lipinski definition) is 4. The summed E-state index contributed by atoms with van der Waals surface area (Å²) in [4.78, 5) is 18.5. The Morgan fingerprint density at radius 3 is 2.90 bits per heavy atom. The Bertz CT molecular complexity index is 476. The smallest absolute Gasteiger partial charge is 0.270 e. The van der Waals surface area contributed by atoms with E-state index in [4.69, 9.17) is 0 Å². The molecule has 110 valence electrons. The second-order valence-corrected chi connectivity index (χ2v) is 5.69. The number of nitrogens with one attached hydrogen (secondary N) is 1. The molecule has 5 nitrogen and oxygen atoms in total. The first kappa shape index (κ1) is 14.9. The number of β-amino-alcohol motifs (C(OH)–C–C–N with tert-alkyl or cyclic N) is 1. The van der Waals surface area contributed by atoms with E-state index < -0.39 is 6.10 Å². The summed E-state index contributed by atoms with van der Waals surface area (Å²) in [6.07, 6.45) is 1.84. The van der Waals surface area contributed by atoms with Crippen LogP contribution in [-0.4, -0.2) is 52.2 Å². The molecule has 0 bridgehead atoms. The molecule has 1 aliphatic heterocycles. The van der Waals surface area contributed by atoms with E-state index in [1.807, 2.05) is 19.1 Å². The highest BCUT2D eigenvalue weighted by Gasteiger charge is 2.30. The van der Waals surface area contributed by atoms with Crippen molar-refractivity contribution in [1.82, 2.24) is 15.2 Å². The van der Waals surface area contributed by atoms with E-state index in [1.165, 1.54) is 0 Å². The molecule has 20 heavy (non-hydrogen) atoms. The molecule has 2 heterocycles. The highest BCUT2D eigenvalue weighted by Crippen LogP contribution is 2.14. The Kier molecular flexibility index (Phi) is 4.73. The number of hydrogen-bond donors (Lipinski definition) is 2. The fourth-order valence-corrected chi connectivity index (χ4v) is 2.55. The summed E-state index contributed by atoms with van der Waals surface area (Å²) in [7, 11) is 0. The number of piperidine rings is 1. The third-order valence-electron chi connectivity index (χ3n) is 3.88. The number of carbonyl (C=O) groups excluding carboxylic acids is 1. The number of aryl methyl sites for hydroxylation is 1. The zero-order chi connectivity index (χ0) is 14.7. The van der Waals surface area contributed by atoms with Gasteiger partial charge in [0.05, 0.1) is 12.1 Å². The lowest BCUT2D eigenvalue weighted by atomic mass is 10.00. The number of aliphatic hydroxyl groups is 1. The molecular weight excluding hydrogens is 254 g/mol. The first-order valence-electron chi connectivity index (χ1n) is 7.13. The van der Waals surface area contributed by atoms with Gasteiger partial charge in [-0.15, -0.1) is 0 Å². The van der Waals surface area contributed by atoms with Crippen LogP contribution in [-0.2, 0) is 0 Å². The second-order valence-electron chi connectivity index (χ2n) is 5.69. The van der Waals surface area contributed by atoms with Gasteiger partial charge in [-0.2, -0.15) is 0 Å². The predicted molar refractivity (Wildman–Crippen MR) is 77.6 cm³/mol. The maximum Gasteiger partial charge on any atom is 0.270 e. The molecule has 0 saturated carbocycles. The summed E-state index contributed by atoms with van der Waals surface area (Å²) >= 11 is 0. The molecule has 1 aromatic heterocycles. The molecular formula is C15H23N3O2. The van der Waals surface area contributed by atoms with Crippen molar-refractivity contribution >= 4 is 5.91 Å². The van der Waals surface area contributed by atoms with Crippen LogP contribution in [0.3, 0.4) is 0 Å². The fraction of sp³-hybridized carbons (Fsp3) is 0.600. The number of carbonyl (C=O) groups is 1. The summed E-state index contributed by atoms with van der Waals surface area (Å²) in [5.74, 6) is -0.204. The minimum atomic E-state index is -0.529. The summed E-state index contributed by atoms with van der Waals surface area (Å²) in [5.41, 5.74) is 1.28. The molecule has 0 aromatic carbocycles. The highest BCUT2D eigenvalue weighted by atomic mass is 16.3. The van der Waals surface area contributed by atoms with Crippen LogP contribution >= 0.6 is 0 Å². The number of aromatic nitrogens is 1. The van der Waals surface area contributed by atoms with E-state index in [1.54, 1.807) is 6.20 Å². The van der Waals surface area contributed by atoms with Crippen molar-refractivity contribution in [3.8, 4) is 0 Å². The van der Waals surface area contributed by atoms with Gasteiger partial charge in [0.1, 0.15) is 5.69 Å². The maximum absolute atomic E-state index is 12.2. The van der Waals surface area contributed by atoms with Crippen LogP contribution in [0.25, 0.3) is 0 Å². The van der Waals surface area contributed by atoms with E-state index in [9.17, 15) is 9.90 Å². The zero-order valence-corrected chi connectivity index (χ0v) is 12.3. The Hall–Kier alpha value is -1.46. The Morgan fingerprint density at radius 2 is 2.30 bits per heavy atom. The van der Waals surface area contributed by atoms with Gasteiger partial charge in [-0.3, -0.25) is 14.7 Å². The molecule has 2 N–H and O–H groups in total. The summed E-state index contributed by atoms with van der Waals surface area (Å²) in [6, 6.07) is 3.89. The van der Waals surface area contributed by atoms with Crippen LogP contribution in [0.1, 0.15) is 36.3 Å². The maximum atomic E-state index is 12.2. The van der Waals surface area contributed by atoms with Crippen LogP contribution < -0.4 is 5.32 Å². The second kappa shape index (κ2) is 6.33. The summed E-state index contributed by atoms with van der Waals surface area (Å²) in [6.45, 7) is 7.58. The van der Waals surface area contributed by atoms with Gasteiger partial charge in [0.2, 0.25) is 0 Å². The van der Waals surface area contributed by atoms with E-state index in [-0.39, 0.29) is 11.9 Å². The molecule has 1 saturated heterocycles. The van der Waals surface area contributed by atoms with Crippen LogP contribution in [0, 0.1) is 6.92 Å². The van der Waals surface area contributed by atoms with E-state index in [0.717, 1.165) is 18.5 Å². The number of pyridine rings is 1. The first-order valence-corrected chi connectivity index (χ1v) is 7.13. The fourth-order valence-electron chi connectivity index (χ4n) is 2.55. The van der Waals surface area contributed by atoms with E-state index in [0.29, 0.717) is 18.3 Å². The quantitative estimate of drug-likeness (QED) is 0.864. The number of likely N-dealkylation sites (tertiary alicyclic amines) is 1. The van der Waals surface area contributed by atoms with Crippen molar-refractivity contribution in [3.05, 3.63) is 29.6 Å². The standard InChI is InChI=1S/C15H23N3O2/c1-10(2)18-8-6-12(13(19)9-18)17-15(20)14-11(3)5-4-7-16-14/h4-5,7,10,12-13,19H,6,8-9H2,1-3H3,(H,17,20). The lowest BCUT2D eigenvalue weighted by molar-refractivity contribution is 0.0262. The minimum Gasteiger partial charge on any atom is -0.390 e. The van der Waals surface area contributed by atoms with Gasteiger partial charge in [-0.25, -0.2) is 0 Å². The lowest BCUT2D eigenvalue weighted by Crippen LogP contribution is -2.55. The first-order chi connectivity index (χ1) is 9.49. The highest BCUT2D eigenvalue weighted by molar-refractivity contribution is 5.93. The van der Waals surface area contributed by atoms with Crippen LogP contribution in [0.5, 0.6) is 0 Å². The Balaban J connectivity index is 1.98. The Labute approximate surface area is 120 Å². The molecule has 1 amide bonds. The van der Waals surface area contributed by atoms with Crippen LogP contribution in [0.15, 0.2) is 18.3 Å². The normalized spacial score (nSPS) is 23.9. The molecule has 2 unspecified atom stereocenters. The molecule has 5 heteroatoms. The summed E-state index contributed by atoms with van der Waals surface area (Å²) < 4.78 is 0. The average molecular weight is 277 g/mol.